The number of phenolic OH excluding ortho intramolecular Hbond substituents is 1. The van der Waals surface area contributed by atoms with Gasteiger partial charge in [0.1, 0.15) is 17.8 Å². The Morgan fingerprint density at radius 1 is 1.09 bits per heavy atom. The van der Waals surface area contributed by atoms with E-state index in [1.807, 2.05) is 0 Å². The zero-order chi connectivity index (χ0) is 23.7. The molecule has 0 aliphatic heterocycles. The second-order valence-electron chi connectivity index (χ2n) is 7.16. The van der Waals surface area contributed by atoms with Crippen LogP contribution in [0.25, 0.3) is 0 Å². The van der Waals surface area contributed by atoms with E-state index >= 15 is 0 Å². The lowest BCUT2D eigenvalue weighted by molar-refractivity contribution is -0.141. The van der Waals surface area contributed by atoms with Crippen LogP contribution >= 0.6 is 0 Å². The van der Waals surface area contributed by atoms with E-state index in [9.17, 15) is 24.3 Å². The van der Waals surface area contributed by atoms with Gasteiger partial charge in [0.2, 0.25) is 17.7 Å². The number of carboxylic acid groups (broad SMARTS) is 1. The molecule has 0 aliphatic carbocycles. The van der Waals surface area contributed by atoms with Crippen molar-refractivity contribution >= 4 is 23.7 Å². The Kier molecular flexibility index (Phi) is 8.72. The number of hydrogen-bond donors (Lipinski definition) is 7. The molecule has 0 bridgehead atoms. The van der Waals surface area contributed by atoms with Gasteiger partial charge in [0, 0.05) is 18.3 Å². The van der Waals surface area contributed by atoms with E-state index in [2.05, 4.69) is 25.9 Å². The summed E-state index contributed by atoms with van der Waals surface area (Å²) in [6.45, 7) is 0.869. The summed E-state index contributed by atoms with van der Waals surface area (Å²) in [6.07, 6.45) is 3.11. The Morgan fingerprint density at radius 3 is 2.38 bits per heavy atom. The van der Waals surface area contributed by atoms with Gasteiger partial charge in [0.15, 0.2) is 0 Å². The smallest absolute Gasteiger partial charge is 0.325 e. The maximum atomic E-state index is 12.4. The number of H-pyrrole nitrogens is 1. The molecule has 1 aromatic carbocycles. The first-order valence-corrected chi connectivity index (χ1v) is 9.76. The van der Waals surface area contributed by atoms with Gasteiger partial charge in [-0.25, -0.2) is 4.98 Å². The van der Waals surface area contributed by atoms with Crippen LogP contribution in [0.15, 0.2) is 36.8 Å². The number of amides is 3. The number of aliphatic carboxylic acids is 1. The molecule has 3 atom stereocenters. The van der Waals surface area contributed by atoms with Gasteiger partial charge in [-0.3, -0.25) is 19.2 Å². The number of benzene rings is 1. The number of aromatic amines is 1. The van der Waals surface area contributed by atoms with Crippen molar-refractivity contribution in [2.75, 3.05) is 6.54 Å². The number of phenols is 1. The minimum atomic E-state index is -1.22. The van der Waals surface area contributed by atoms with Gasteiger partial charge < -0.3 is 36.9 Å². The second-order valence-corrected chi connectivity index (χ2v) is 7.16. The maximum absolute atomic E-state index is 12.4. The lowest BCUT2D eigenvalue weighted by atomic mass is 10.1. The third-order valence-corrected chi connectivity index (χ3v) is 4.51. The molecule has 172 valence electrons. The van der Waals surface area contributed by atoms with E-state index in [1.54, 1.807) is 12.1 Å². The number of nitrogens with zero attached hydrogens (tertiary/aromatic N) is 1. The van der Waals surface area contributed by atoms with Crippen LogP contribution in [0.3, 0.4) is 0 Å². The van der Waals surface area contributed by atoms with Gasteiger partial charge in [0.25, 0.3) is 0 Å². The summed E-state index contributed by atoms with van der Waals surface area (Å²) in [5.74, 6) is -3.05. The fourth-order valence-corrected chi connectivity index (χ4v) is 2.72. The number of aromatic nitrogens is 2. The topological polar surface area (TPSA) is 200 Å². The molecule has 0 aliphatic rings. The molecule has 32 heavy (non-hydrogen) atoms. The maximum Gasteiger partial charge on any atom is 0.325 e. The van der Waals surface area contributed by atoms with E-state index in [0.29, 0.717) is 5.69 Å². The predicted octanol–water partition coefficient (Wildman–Crippen LogP) is -1.58. The molecule has 0 saturated heterocycles. The summed E-state index contributed by atoms with van der Waals surface area (Å²) >= 11 is 0. The molecule has 2 aromatic rings. The summed E-state index contributed by atoms with van der Waals surface area (Å²) in [5, 5.41) is 25.5. The first-order chi connectivity index (χ1) is 15.2. The first kappa shape index (κ1) is 24.3. The van der Waals surface area contributed by atoms with Crippen LogP contribution in [0.2, 0.25) is 0 Å². The molecule has 1 heterocycles. The Hall–Kier alpha value is -3.93. The average molecular weight is 446 g/mol. The highest BCUT2D eigenvalue weighted by Crippen LogP contribution is 2.10. The Labute approximate surface area is 183 Å². The quantitative estimate of drug-likeness (QED) is 0.214. The summed E-state index contributed by atoms with van der Waals surface area (Å²) in [6, 6.07) is 3.05. The van der Waals surface area contributed by atoms with Gasteiger partial charge >= 0.3 is 5.97 Å². The number of carbonyl (C=O) groups is 4. The van der Waals surface area contributed by atoms with Gasteiger partial charge in [-0.05, 0) is 31.0 Å². The number of carboxylic acids is 1. The molecule has 12 heteroatoms. The molecule has 1 aromatic heterocycles. The van der Waals surface area contributed by atoms with Crippen molar-refractivity contribution in [1.82, 2.24) is 25.9 Å². The minimum Gasteiger partial charge on any atom is -0.508 e. The lowest BCUT2D eigenvalue weighted by Crippen LogP contribution is -2.54. The van der Waals surface area contributed by atoms with E-state index in [1.165, 1.54) is 31.6 Å². The molecular formula is C20H26N6O6. The zero-order valence-electron chi connectivity index (χ0n) is 17.4. The fraction of sp³-hybridized carbons (Fsp3) is 0.350. The van der Waals surface area contributed by atoms with Crippen molar-refractivity contribution < 1.29 is 29.4 Å². The van der Waals surface area contributed by atoms with Crippen LogP contribution in [0.5, 0.6) is 5.75 Å². The standard InChI is InChI=1S/C20H26N6O6/c1-11(20(31)32)25-19(30)16(7-13-8-22-10-24-13)26-17(28)9-23-18(29)15(21)6-12-2-4-14(27)5-3-12/h2-5,8,10-11,15-16,27H,6-7,9,21H2,1H3,(H,22,24)(H,23,29)(H,25,30)(H,26,28)(H,31,32). The van der Waals surface area contributed by atoms with Crippen molar-refractivity contribution in [2.24, 2.45) is 5.73 Å². The van der Waals surface area contributed by atoms with Crippen molar-refractivity contribution in [3.05, 3.63) is 48.0 Å². The predicted molar refractivity (Wildman–Crippen MR) is 112 cm³/mol. The largest absolute Gasteiger partial charge is 0.508 e. The number of rotatable bonds is 11. The van der Waals surface area contributed by atoms with Crippen LogP contribution in [0, 0.1) is 0 Å². The summed E-state index contributed by atoms with van der Waals surface area (Å²) < 4.78 is 0. The van der Waals surface area contributed by atoms with E-state index in [4.69, 9.17) is 10.8 Å². The van der Waals surface area contributed by atoms with Crippen LogP contribution in [-0.2, 0) is 32.0 Å². The van der Waals surface area contributed by atoms with Crippen LogP contribution in [-0.4, -0.2) is 68.5 Å². The molecule has 3 unspecified atom stereocenters. The Morgan fingerprint density at radius 2 is 1.78 bits per heavy atom. The van der Waals surface area contributed by atoms with E-state index in [-0.39, 0.29) is 18.6 Å². The average Bonchev–Trinajstić information content (AvgIpc) is 3.26. The number of hydrogen-bond acceptors (Lipinski definition) is 7. The highest BCUT2D eigenvalue weighted by molar-refractivity contribution is 5.92. The van der Waals surface area contributed by atoms with Crippen molar-refractivity contribution in [3.8, 4) is 5.75 Å². The highest BCUT2D eigenvalue weighted by Gasteiger charge is 2.25. The van der Waals surface area contributed by atoms with Crippen molar-refractivity contribution in [1.29, 1.82) is 0 Å². The lowest BCUT2D eigenvalue weighted by Gasteiger charge is -2.20. The summed E-state index contributed by atoms with van der Waals surface area (Å²) in [7, 11) is 0. The van der Waals surface area contributed by atoms with E-state index < -0.39 is 48.4 Å². The van der Waals surface area contributed by atoms with Gasteiger partial charge in [-0.2, -0.15) is 0 Å². The zero-order valence-corrected chi connectivity index (χ0v) is 17.4. The van der Waals surface area contributed by atoms with Crippen molar-refractivity contribution in [2.45, 2.75) is 37.9 Å². The first-order valence-electron chi connectivity index (χ1n) is 9.76. The van der Waals surface area contributed by atoms with Crippen LogP contribution in [0.4, 0.5) is 0 Å². The molecule has 8 N–H and O–H groups in total. The molecule has 0 saturated carbocycles. The molecule has 3 amide bonds. The molecule has 2 rings (SSSR count). The minimum absolute atomic E-state index is 0.0399. The fourth-order valence-electron chi connectivity index (χ4n) is 2.72. The number of carbonyl (C=O) groups excluding carboxylic acids is 3. The summed E-state index contributed by atoms with van der Waals surface area (Å²) in [4.78, 5) is 54.6. The number of aromatic hydroxyl groups is 1. The van der Waals surface area contributed by atoms with Gasteiger partial charge in [-0.1, -0.05) is 12.1 Å². The molecule has 12 nitrogen and oxygen atoms in total. The molecule has 0 radical (unpaired) electrons. The SMILES string of the molecule is CC(NC(=O)C(Cc1cnc[nH]1)NC(=O)CNC(=O)C(N)Cc1ccc(O)cc1)C(=O)O. The van der Waals surface area contributed by atoms with Gasteiger partial charge in [-0.15, -0.1) is 0 Å². The monoisotopic (exact) mass is 446 g/mol. The van der Waals surface area contributed by atoms with Crippen molar-refractivity contribution in [3.63, 3.8) is 0 Å². The highest BCUT2D eigenvalue weighted by atomic mass is 16.4. The molecule has 0 spiro atoms. The summed E-state index contributed by atoms with van der Waals surface area (Å²) in [5.41, 5.74) is 7.14. The number of nitrogens with one attached hydrogen (secondary N) is 4. The Balaban J connectivity index is 1.90. The normalized spacial score (nSPS) is 13.4. The Bertz CT molecular complexity index is 931. The second kappa shape index (κ2) is 11.5. The van der Waals surface area contributed by atoms with Crippen LogP contribution < -0.4 is 21.7 Å². The number of nitrogens with two attached hydrogens (primary N) is 1. The van der Waals surface area contributed by atoms with Gasteiger partial charge in [0.05, 0.1) is 18.9 Å². The third-order valence-electron chi connectivity index (χ3n) is 4.51. The number of imidazole rings is 1. The van der Waals surface area contributed by atoms with Crippen LogP contribution in [0.1, 0.15) is 18.2 Å². The van der Waals surface area contributed by atoms with E-state index in [0.717, 1.165) is 5.56 Å². The third kappa shape index (κ3) is 7.72. The molecule has 0 fully saturated rings. The molecular weight excluding hydrogens is 420 g/mol.